The van der Waals surface area contributed by atoms with Crippen LogP contribution in [0.15, 0.2) is 22.8 Å². The molecule has 0 aromatic carbocycles. The number of methoxy groups -OCH3 is 1. The van der Waals surface area contributed by atoms with Crippen LogP contribution in [0, 0.1) is 4.64 Å². The quantitative estimate of drug-likeness (QED) is 0.860. The van der Waals surface area contributed by atoms with Crippen molar-refractivity contribution >= 4 is 39.7 Å². The number of nitrogens with zero attached hydrogens (tertiary/aromatic N) is 2. The lowest BCUT2D eigenvalue weighted by Crippen LogP contribution is -2.00. The maximum atomic E-state index is 5.80. The second-order valence-corrected chi connectivity index (χ2v) is 5.09. The van der Waals surface area contributed by atoms with Crippen molar-refractivity contribution < 1.29 is 4.74 Å². The van der Waals surface area contributed by atoms with Crippen molar-refractivity contribution in [3.63, 3.8) is 0 Å². The largest absolute Gasteiger partial charge is 0.378 e. The molecule has 0 aliphatic rings. The summed E-state index contributed by atoms with van der Waals surface area (Å²) < 4.78 is 6.30. The lowest BCUT2D eigenvalue weighted by atomic mass is 10.3. The second-order valence-electron chi connectivity index (χ2n) is 3.48. The van der Waals surface area contributed by atoms with Gasteiger partial charge in [0.2, 0.25) is 0 Å². The molecule has 0 aliphatic carbocycles. The van der Waals surface area contributed by atoms with Gasteiger partial charge in [0.1, 0.15) is 10.3 Å². The molecule has 2 aromatic heterocycles. The highest BCUT2D eigenvalue weighted by atomic mass is 79.9. The molecule has 2 heterocycles. The smallest absolute Gasteiger partial charge is 0.157 e. The van der Waals surface area contributed by atoms with Crippen LogP contribution in [0.2, 0.25) is 5.02 Å². The third-order valence-corrected chi connectivity index (χ3v) is 3.83. The molecule has 0 radical (unpaired) electrons. The number of H-pyrrole nitrogens is 1. The van der Waals surface area contributed by atoms with Crippen molar-refractivity contribution in [3.05, 3.63) is 38.2 Å². The van der Waals surface area contributed by atoms with Crippen molar-refractivity contribution in [2.75, 3.05) is 7.11 Å². The average molecular weight is 347 g/mol. The Kier molecular flexibility index (Phi) is 4.45. The predicted octanol–water partition coefficient (Wildman–Crippen LogP) is 3.76. The minimum absolute atomic E-state index is 0.410. The van der Waals surface area contributed by atoms with Crippen LogP contribution in [0.5, 0.6) is 0 Å². The lowest BCUT2D eigenvalue weighted by Gasteiger charge is -2.07. The lowest BCUT2D eigenvalue weighted by molar-refractivity contribution is 0.181. The Morgan fingerprint density at radius 1 is 1.50 bits per heavy atom. The van der Waals surface area contributed by atoms with Crippen LogP contribution >= 0.6 is 39.7 Å². The van der Waals surface area contributed by atoms with E-state index in [2.05, 4.69) is 30.9 Å². The Morgan fingerprint density at radius 2 is 2.28 bits per heavy atom. The number of pyridine rings is 1. The molecule has 0 amide bonds. The van der Waals surface area contributed by atoms with Crippen LogP contribution in [-0.2, 0) is 11.3 Å². The van der Waals surface area contributed by atoms with E-state index in [1.165, 1.54) is 0 Å². The molecule has 2 aromatic rings. The van der Waals surface area contributed by atoms with Crippen LogP contribution in [-0.4, -0.2) is 22.1 Å². The molecule has 0 saturated carbocycles. The van der Waals surface area contributed by atoms with Crippen LogP contribution < -0.4 is 0 Å². The van der Waals surface area contributed by atoms with Gasteiger partial charge < -0.3 is 9.72 Å². The fraction of sp³-hybridized carbons (Fsp3) is 0.182. The number of aromatic nitrogens is 3. The van der Waals surface area contributed by atoms with Crippen molar-refractivity contribution in [1.82, 2.24) is 15.0 Å². The number of ether oxygens (including phenoxy) is 1. The molecule has 2 rings (SSSR count). The van der Waals surface area contributed by atoms with Gasteiger partial charge in [-0.05, 0) is 28.1 Å². The fourth-order valence-electron chi connectivity index (χ4n) is 1.39. The Hall–Kier alpha value is -0.820. The van der Waals surface area contributed by atoms with Crippen molar-refractivity contribution in [2.24, 2.45) is 0 Å². The molecule has 0 aliphatic heterocycles. The Morgan fingerprint density at radius 3 is 2.89 bits per heavy atom. The molecule has 18 heavy (non-hydrogen) atoms. The predicted molar refractivity (Wildman–Crippen MR) is 76.1 cm³/mol. The van der Waals surface area contributed by atoms with E-state index >= 15 is 0 Å². The highest BCUT2D eigenvalue weighted by Crippen LogP contribution is 2.21. The van der Waals surface area contributed by atoms with E-state index in [0.717, 1.165) is 10.2 Å². The molecule has 0 spiro atoms. The highest BCUT2D eigenvalue weighted by molar-refractivity contribution is 9.10. The molecule has 0 bridgehead atoms. The van der Waals surface area contributed by atoms with Crippen LogP contribution in [0.1, 0.15) is 5.69 Å². The van der Waals surface area contributed by atoms with Gasteiger partial charge in [-0.3, -0.25) is 4.98 Å². The Labute approximate surface area is 123 Å². The van der Waals surface area contributed by atoms with Gasteiger partial charge in [-0.15, -0.1) is 0 Å². The number of aromatic amines is 1. The summed E-state index contributed by atoms with van der Waals surface area (Å²) in [4.78, 5) is 11.6. The monoisotopic (exact) mass is 345 g/mol. The summed E-state index contributed by atoms with van der Waals surface area (Å²) in [5, 5.41) is 0.576. The summed E-state index contributed by atoms with van der Waals surface area (Å²) in [5.74, 6) is 0.590. The van der Waals surface area contributed by atoms with E-state index in [9.17, 15) is 0 Å². The molecular formula is C11H9BrClN3OS. The van der Waals surface area contributed by atoms with Gasteiger partial charge in [0.05, 0.1) is 21.8 Å². The van der Waals surface area contributed by atoms with Gasteiger partial charge in [0.25, 0.3) is 0 Å². The summed E-state index contributed by atoms with van der Waals surface area (Å²) >= 11 is 14.4. The summed E-state index contributed by atoms with van der Waals surface area (Å²) in [6.07, 6.45) is 1.56. The Bertz CT molecular complexity index is 615. The summed E-state index contributed by atoms with van der Waals surface area (Å²) in [5.41, 5.74) is 1.50. The standard InChI is InChI=1S/C11H9BrClN3OS/c1-17-5-8-9(12)11(18)16-10(15-8)7-3-2-6(13)4-14-7/h2-4H,5H2,1H3,(H,15,16,18). The number of hydrogen-bond donors (Lipinski definition) is 1. The van der Waals surface area contributed by atoms with E-state index in [4.69, 9.17) is 28.6 Å². The molecule has 7 heteroatoms. The molecule has 0 saturated heterocycles. The third kappa shape index (κ3) is 2.95. The zero-order chi connectivity index (χ0) is 13.1. The SMILES string of the molecule is COCc1[nH]c(-c2ccc(Cl)cn2)nc(=S)c1Br. The minimum Gasteiger partial charge on any atom is -0.378 e. The molecule has 0 atom stereocenters. The van der Waals surface area contributed by atoms with Gasteiger partial charge >= 0.3 is 0 Å². The van der Waals surface area contributed by atoms with E-state index in [1.807, 2.05) is 0 Å². The van der Waals surface area contributed by atoms with Gasteiger partial charge in [-0.1, -0.05) is 23.8 Å². The first kappa shape index (κ1) is 13.6. The normalized spacial score (nSPS) is 10.6. The van der Waals surface area contributed by atoms with Gasteiger partial charge in [0.15, 0.2) is 5.82 Å². The molecule has 1 N–H and O–H groups in total. The van der Waals surface area contributed by atoms with Crippen LogP contribution in [0.25, 0.3) is 11.5 Å². The first-order valence-electron chi connectivity index (χ1n) is 5.01. The summed E-state index contributed by atoms with van der Waals surface area (Å²) in [6.45, 7) is 0.410. The first-order chi connectivity index (χ1) is 8.61. The van der Waals surface area contributed by atoms with Crippen molar-refractivity contribution in [1.29, 1.82) is 0 Å². The number of rotatable bonds is 3. The summed E-state index contributed by atoms with van der Waals surface area (Å²) in [7, 11) is 1.62. The average Bonchev–Trinajstić information content (AvgIpc) is 2.36. The first-order valence-corrected chi connectivity index (χ1v) is 6.59. The van der Waals surface area contributed by atoms with Crippen molar-refractivity contribution in [3.8, 4) is 11.5 Å². The van der Waals surface area contributed by atoms with Crippen LogP contribution in [0.4, 0.5) is 0 Å². The molecule has 0 unspecified atom stereocenters. The van der Waals surface area contributed by atoms with Gasteiger partial charge in [0, 0.05) is 13.3 Å². The number of halogens is 2. The fourth-order valence-corrected chi connectivity index (χ4v) is 2.01. The Balaban J connectivity index is 2.51. The van der Waals surface area contributed by atoms with Gasteiger partial charge in [-0.25, -0.2) is 4.98 Å². The van der Waals surface area contributed by atoms with Gasteiger partial charge in [-0.2, -0.15) is 0 Å². The number of hydrogen-bond acceptors (Lipinski definition) is 4. The van der Waals surface area contributed by atoms with E-state index < -0.39 is 0 Å². The summed E-state index contributed by atoms with van der Waals surface area (Å²) in [6, 6.07) is 3.53. The van der Waals surface area contributed by atoms with Crippen LogP contribution in [0.3, 0.4) is 0 Å². The zero-order valence-corrected chi connectivity index (χ0v) is 12.6. The maximum absolute atomic E-state index is 5.80. The van der Waals surface area contributed by atoms with E-state index in [0.29, 0.717) is 27.8 Å². The van der Waals surface area contributed by atoms with E-state index in [1.54, 1.807) is 25.4 Å². The second kappa shape index (κ2) is 5.88. The maximum Gasteiger partial charge on any atom is 0.157 e. The molecule has 4 nitrogen and oxygen atoms in total. The number of nitrogens with one attached hydrogen (secondary N) is 1. The third-order valence-electron chi connectivity index (χ3n) is 2.19. The zero-order valence-electron chi connectivity index (χ0n) is 9.41. The molecule has 94 valence electrons. The highest BCUT2D eigenvalue weighted by Gasteiger charge is 2.08. The minimum atomic E-state index is 0.410. The molecular weight excluding hydrogens is 338 g/mol. The topological polar surface area (TPSA) is 50.8 Å². The van der Waals surface area contributed by atoms with Crippen molar-refractivity contribution in [2.45, 2.75) is 6.61 Å². The molecule has 0 fully saturated rings. The van der Waals surface area contributed by atoms with E-state index in [-0.39, 0.29) is 0 Å².